The molecule has 2 aromatic carbocycles. The lowest BCUT2D eigenvalue weighted by molar-refractivity contribution is 0.552. The van der Waals surface area contributed by atoms with Crippen LogP contribution in [0.25, 0.3) is 22.5 Å². The van der Waals surface area contributed by atoms with E-state index in [9.17, 15) is 0 Å². The lowest BCUT2D eigenvalue weighted by Crippen LogP contribution is -2.13. The second-order valence-corrected chi connectivity index (χ2v) is 6.51. The molecule has 0 spiro atoms. The molecular weight excluding hydrogens is 282 g/mol. The van der Waals surface area contributed by atoms with Crippen LogP contribution in [0.2, 0.25) is 0 Å². The average Bonchev–Trinajstić information content (AvgIpc) is 3.32. The highest BCUT2D eigenvalue weighted by Crippen LogP contribution is 2.38. The zero-order chi connectivity index (χ0) is 15.2. The Bertz CT molecular complexity index is 872. The monoisotopic (exact) mass is 301 g/mol. The number of rotatable bonds is 2. The minimum absolute atomic E-state index is 0.526. The number of hydrogen-bond donors (Lipinski definition) is 1. The van der Waals surface area contributed by atoms with E-state index < -0.39 is 0 Å². The maximum absolute atomic E-state index is 4.64. The van der Waals surface area contributed by atoms with Gasteiger partial charge in [0.25, 0.3) is 0 Å². The molecule has 3 aromatic rings. The van der Waals surface area contributed by atoms with Gasteiger partial charge in [-0.3, -0.25) is 0 Å². The molecule has 1 unspecified atom stereocenters. The van der Waals surface area contributed by atoms with E-state index in [1.807, 2.05) is 6.20 Å². The molecule has 3 nitrogen and oxygen atoms in total. The summed E-state index contributed by atoms with van der Waals surface area (Å²) in [6.07, 6.45) is 6.26. The van der Waals surface area contributed by atoms with Crippen molar-refractivity contribution in [1.82, 2.24) is 14.9 Å². The van der Waals surface area contributed by atoms with Crippen LogP contribution in [0.4, 0.5) is 0 Å². The van der Waals surface area contributed by atoms with Gasteiger partial charge in [-0.1, -0.05) is 36.4 Å². The van der Waals surface area contributed by atoms with E-state index in [1.54, 1.807) is 0 Å². The summed E-state index contributed by atoms with van der Waals surface area (Å²) in [4.78, 5) is 4.64. The second-order valence-electron chi connectivity index (χ2n) is 6.51. The third-order valence-corrected chi connectivity index (χ3v) is 5.15. The molecule has 2 aliphatic rings. The fourth-order valence-corrected chi connectivity index (χ4v) is 3.99. The maximum Gasteiger partial charge on any atom is 0.140 e. The quantitative estimate of drug-likeness (QED) is 0.612. The van der Waals surface area contributed by atoms with E-state index in [-0.39, 0.29) is 0 Å². The van der Waals surface area contributed by atoms with Crippen LogP contribution in [0.15, 0.2) is 54.9 Å². The van der Waals surface area contributed by atoms with E-state index in [4.69, 9.17) is 0 Å². The molecule has 5 rings (SSSR count). The molecule has 114 valence electrons. The molecule has 1 N–H and O–H groups in total. The third-order valence-electron chi connectivity index (χ3n) is 5.15. The first-order chi connectivity index (χ1) is 11.4. The Hall–Kier alpha value is -2.39. The highest BCUT2D eigenvalue weighted by Gasteiger charge is 2.22. The number of hydrogen-bond acceptors (Lipinski definition) is 2. The first-order valence-electron chi connectivity index (χ1n) is 8.35. The molecule has 1 saturated heterocycles. The summed E-state index contributed by atoms with van der Waals surface area (Å²) >= 11 is 0. The largest absolute Gasteiger partial charge is 0.327 e. The minimum Gasteiger partial charge on any atom is -0.327 e. The van der Waals surface area contributed by atoms with Gasteiger partial charge in [0.15, 0.2) is 0 Å². The summed E-state index contributed by atoms with van der Waals surface area (Å²) in [6, 6.07) is 16.1. The van der Waals surface area contributed by atoms with Gasteiger partial charge in [0, 0.05) is 30.5 Å². The molecule has 0 amide bonds. The van der Waals surface area contributed by atoms with Gasteiger partial charge in [0.05, 0.1) is 0 Å². The van der Waals surface area contributed by atoms with Crippen molar-refractivity contribution in [3.05, 3.63) is 66.0 Å². The highest BCUT2D eigenvalue weighted by atomic mass is 15.1. The molecule has 1 aliphatic heterocycles. The van der Waals surface area contributed by atoms with Crippen molar-refractivity contribution < 1.29 is 0 Å². The van der Waals surface area contributed by atoms with Gasteiger partial charge in [-0.25, -0.2) is 4.98 Å². The summed E-state index contributed by atoms with van der Waals surface area (Å²) in [5.74, 6) is 1.09. The van der Waals surface area contributed by atoms with Gasteiger partial charge in [-0.2, -0.15) is 0 Å². The Kier molecular flexibility index (Phi) is 2.88. The number of aromatic nitrogens is 2. The molecule has 1 fully saturated rings. The number of fused-ring (bicyclic) bond motifs is 3. The number of imidazole rings is 1. The lowest BCUT2D eigenvalue weighted by atomic mass is 10.0. The van der Waals surface area contributed by atoms with E-state index in [2.05, 4.69) is 63.5 Å². The van der Waals surface area contributed by atoms with E-state index in [0.29, 0.717) is 6.04 Å². The van der Waals surface area contributed by atoms with Gasteiger partial charge >= 0.3 is 0 Å². The molecule has 1 aromatic heterocycles. The standard InChI is InChI=1S/C20H19N3/c1-2-4-18-14(3-1)11-16-12-15(5-6-19(16)18)20-22-9-10-23(20)17-7-8-21-13-17/h1-6,9-10,12,17,21H,7-8,11,13H2. The van der Waals surface area contributed by atoms with E-state index in [1.165, 1.54) is 34.2 Å². The molecule has 3 heteroatoms. The van der Waals surface area contributed by atoms with Crippen LogP contribution >= 0.6 is 0 Å². The van der Waals surface area contributed by atoms with Crippen molar-refractivity contribution in [2.24, 2.45) is 0 Å². The van der Waals surface area contributed by atoms with Crippen LogP contribution in [-0.2, 0) is 6.42 Å². The van der Waals surface area contributed by atoms with Crippen molar-refractivity contribution >= 4 is 0 Å². The summed E-state index contributed by atoms with van der Waals surface area (Å²) < 4.78 is 2.34. The zero-order valence-electron chi connectivity index (χ0n) is 13.0. The maximum atomic E-state index is 4.64. The number of benzene rings is 2. The smallest absolute Gasteiger partial charge is 0.140 e. The molecule has 1 aliphatic carbocycles. The van der Waals surface area contributed by atoms with Gasteiger partial charge in [-0.05, 0) is 47.7 Å². The van der Waals surface area contributed by atoms with Crippen molar-refractivity contribution in [2.45, 2.75) is 18.9 Å². The van der Waals surface area contributed by atoms with Crippen molar-refractivity contribution in [1.29, 1.82) is 0 Å². The van der Waals surface area contributed by atoms with Crippen LogP contribution in [0.1, 0.15) is 23.6 Å². The number of nitrogens with zero attached hydrogens (tertiary/aromatic N) is 2. The molecule has 0 saturated carbocycles. The highest BCUT2D eigenvalue weighted by molar-refractivity contribution is 5.79. The molecule has 23 heavy (non-hydrogen) atoms. The van der Waals surface area contributed by atoms with Gasteiger partial charge in [0.2, 0.25) is 0 Å². The molecule has 0 bridgehead atoms. The lowest BCUT2D eigenvalue weighted by Gasteiger charge is -2.15. The van der Waals surface area contributed by atoms with Crippen molar-refractivity contribution in [2.75, 3.05) is 13.1 Å². The first kappa shape index (κ1) is 13.1. The average molecular weight is 301 g/mol. The fourth-order valence-electron chi connectivity index (χ4n) is 3.99. The molecular formula is C20H19N3. The second kappa shape index (κ2) is 5.07. The van der Waals surface area contributed by atoms with Crippen LogP contribution < -0.4 is 5.32 Å². The zero-order valence-corrected chi connectivity index (χ0v) is 13.0. The van der Waals surface area contributed by atoms with Crippen LogP contribution in [0, 0.1) is 0 Å². The number of nitrogens with one attached hydrogen (secondary N) is 1. The van der Waals surface area contributed by atoms with E-state index in [0.717, 1.165) is 25.3 Å². The van der Waals surface area contributed by atoms with Crippen LogP contribution in [-0.4, -0.2) is 22.6 Å². The van der Waals surface area contributed by atoms with Crippen LogP contribution in [0.3, 0.4) is 0 Å². The summed E-state index contributed by atoms with van der Waals surface area (Å²) in [6.45, 7) is 2.14. The van der Waals surface area contributed by atoms with Gasteiger partial charge in [0.1, 0.15) is 5.82 Å². The van der Waals surface area contributed by atoms with E-state index >= 15 is 0 Å². The van der Waals surface area contributed by atoms with Crippen LogP contribution in [0.5, 0.6) is 0 Å². The first-order valence-corrected chi connectivity index (χ1v) is 8.35. The van der Waals surface area contributed by atoms with Crippen molar-refractivity contribution in [3.63, 3.8) is 0 Å². The van der Waals surface area contributed by atoms with Crippen molar-refractivity contribution in [3.8, 4) is 22.5 Å². The molecule has 1 atom stereocenters. The topological polar surface area (TPSA) is 29.9 Å². The summed E-state index contributed by atoms with van der Waals surface area (Å²) in [7, 11) is 0. The fraction of sp³-hybridized carbons (Fsp3) is 0.250. The predicted molar refractivity (Wildman–Crippen MR) is 92.4 cm³/mol. The summed E-state index contributed by atoms with van der Waals surface area (Å²) in [5.41, 5.74) is 6.85. The Morgan fingerprint density at radius 1 is 1.04 bits per heavy atom. The molecule has 0 radical (unpaired) electrons. The Morgan fingerprint density at radius 3 is 2.87 bits per heavy atom. The Morgan fingerprint density at radius 2 is 1.96 bits per heavy atom. The summed E-state index contributed by atoms with van der Waals surface area (Å²) in [5, 5.41) is 3.44. The predicted octanol–water partition coefficient (Wildman–Crippen LogP) is 3.66. The third kappa shape index (κ3) is 2.04. The van der Waals surface area contributed by atoms with Gasteiger partial charge < -0.3 is 9.88 Å². The normalized spacial score (nSPS) is 18.9. The molecule has 2 heterocycles. The Labute approximate surface area is 136 Å². The Balaban J connectivity index is 1.57. The minimum atomic E-state index is 0.526. The van der Waals surface area contributed by atoms with Gasteiger partial charge in [-0.15, -0.1) is 0 Å². The SMILES string of the molecule is c1ccc2c(c1)Cc1cc(-c3nccn3C3CCNC3)ccc1-2.